The molecule has 0 saturated heterocycles. The molecule has 1 aromatic heterocycles. The maximum absolute atomic E-state index is 12.0. The molecule has 0 aliphatic heterocycles. The number of nitrogens with one attached hydrogen (secondary N) is 1. The van der Waals surface area contributed by atoms with Crippen LogP contribution in [-0.2, 0) is 25.5 Å². The van der Waals surface area contributed by atoms with Crippen LogP contribution in [0.5, 0.6) is 0 Å². The molecule has 0 fully saturated rings. The monoisotopic (exact) mass is 410 g/mol. The summed E-state index contributed by atoms with van der Waals surface area (Å²) in [5, 5.41) is 7.19. The van der Waals surface area contributed by atoms with E-state index in [-0.39, 0.29) is 6.42 Å². The van der Waals surface area contributed by atoms with E-state index in [1.807, 2.05) is 19.1 Å². The van der Waals surface area contributed by atoms with Crippen LogP contribution in [0.25, 0.3) is 11.0 Å². The minimum atomic E-state index is -0.589. The zero-order chi connectivity index (χ0) is 21.3. The number of benzene rings is 2. The van der Waals surface area contributed by atoms with Gasteiger partial charge < -0.3 is 19.3 Å². The Balaban J connectivity index is 1.45. The number of aromatic nitrogens is 1. The first kappa shape index (κ1) is 21.0. The van der Waals surface area contributed by atoms with Gasteiger partial charge in [0.05, 0.1) is 18.6 Å². The summed E-state index contributed by atoms with van der Waals surface area (Å²) in [6.07, 6.45) is 1.66. The Labute approximate surface area is 173 Å². The molecular weight excluding hydrogens is 388 g/mol. The molecule has 0 spiro atoms. The lowest BCUT2D eigenvalue weighted by molar-refractivity contribution is -0.146. The number of rotatable bonds is 9. The molecule has 0 bridgehead atoms. The van der Waals surface area contributed by atoms with Crippen molar-refractivity contribution in [3.8, 4) is 0 Å². The van der Waals surface area contributed by atoms with Crippen molar-refractivity contribution in [2.45, 2.75) is 26.2 Å². The van der Waals surface area contributed by atoms with E-state index in [4.69, 9.17) is 14.0 Å². The molecule has 0 saturated carbocycles. The van der Waals surface area contributed by atoms with Crippen LogP contribution in [0.2, 0.25) is 0 Å². The fourth-order valence-electron chi connectivity index (χ4n) is 2.68. The van der Waals surface area contributed by atoms with E-state index in [9.17, 15) is 14.4 Å². The fourth-order valence-corrected chi connectivity index (χ4v) is 2.68. The normalized spacial score (nSPS) is 10.6. The average molecular weight is 410 g/mol. The van der Waals surface area contributed by atoms with Gasteiger partial charge in [-0.05, 0) is 42.8 Å². The molecule has 0 aliphatic carbocycles. The molecule has 0 unspecified atom stereocenters. The standard InChI is InChI=1S/C22H22N2O6/c1-2-3-12-28-22(27)15-8-10-16(11-9-15)23-20(25)14-29-21(26)13-18-17-6-4-5-7-19(17)30-24-18/h4-11H,2-3,12-14H2,1H3,(H,23,25). The van der Waals surface area contributed by atoms with E-state index in [1.165, 1.54) is 0 Å². The van der Waals surface area contributed by atoms with Crippen molar-refractivity contribution in [3.05, 3.63) is 59.8 Å². The number of unbranched alkanes of at least 4 members (excludes halogenated alkanes) is 1. The van der Waals surface area contributed by atoms with Gasteiger partial charge in [-0.15, -0.1) is 0 Å². The third kappa shape index (κ3) is 5.66. The molecule has 8 nitrogen and oxygen atoms in total. The summed E-state index contributed by atoms with van der Waals surface area (Å²) in [5.41, 5.74) is 1.91. The van der Waals surface area contributed by atoms with Crippen molar-refractivity contribution in [1.29, 1.82) is 0 Å². The van der Waals surface area contributed by atoms with Crippen LogP contribution in [0.4, 0.5) is 5.69 Å². The summed E-state index contributed by atoms with van der Waals surface area (Å²) in [5.74, 6) is -1.49. The van der Waals surface area contributed by atoms with E-state index in [1.54, 1.807) is 36.4 Å². The lowest BCUT2D eigenvalue weighted by Crippen LogP contribution is -2.21. The van der Waals surface area contributed by atoms with Gasteiger partial charge in [0, 0.05) is 11.1 Å². The van der Waals surface area contributed by atoms with Gasteiger partial charge in [-0.1, -0.05) is 30.6 Å². The molecule has 156 valence electrons. The summed E-state index contributed by atoms with van der Waals surface area (Å²) in [4.78, 5) is 35.9. The second-order valence-electron chi connectivity index (χ2n) is 6.58. The van der Waals surface area contributed by atoms with Gasteiger partial charge in [-0.2, -0.15) is 0 Å². The summed E-state index contributed by atoms with van der Waals surface area (Å²) >= 11 is 0. The van der Waals surface area contributed by atoms with Crippen LogP contribution >= 0.6 is 0 Å². The number of amides is 1. The second kappa shape index (κ2) is 10.2. The van der Waals surface area contributed by atoms with Gasteiger partial charge in [-0.3, -0.25) is 9.59 Å². The zero-order valence-electron chi connectivity index (χ0n) is 16.6. The predicted molar refractivity (Wildman–Crippen MR) is 109 cm³/mol. The Kier molecular flexibility index (Phi) is 7.15. The van der Waals surface area contributed by atoms with Crippen molar-refractivity contribution in [2.24, 2.45) is 0 Å². The molecular formula is C22H22N2O6. The third-order valence-corrected chi connectivity index (χ3v) is 4.26. The highest BCUT2D eigenvalue weighted by atomic mass is 16.5. The van der Waals surface area contributed by atoms with Gasteiger partial charge in [0.2, 0.25) is 0 Å². The summed E-state index contributed by atoms with van der Waals surface area (Å²) in [6, 6.07) is 13.5. The van der Waals surface area contributed by atoms with Crippen LogP contribution in [0.1, 0.15) is 35.8 Å². The topological polar surface area (TPSA) is 108 Å². The minimum Gasteiger partial charge on any atom is -0.462 e. The highest BCUT2D eigenvalue weighted by molar-refractivity contribution is 5.94. The Bertz CT molecular complexity index is 1030. The van der Waals surface area contributed by atoms with Gasteiger partial charge in [0.25, 0.3) is 5.91 Å². The SMILES string of the molecule is CCCCOC(=O)c1ccc(NC(=O)COC(=O)Cc2noc3ccccc23)cc1. The molecule has 1 amide bonds. The summed E-state index contributed by atoms with van der Waals surface area (Å²) < 4.78 is 15.3. The fraction of sp³-hybridized carbons (Fsp3) is 0.273. The summed E-state index contributed by atoms with van der Waals surface area (Å²) in [6.45, 7) is 1.96. The van der Waals surface area contributed by atoms with Crippen LogP contribution in [0.3, 0.4) is 0 Å². The number of anilines is 1. The second-order valence-corrected chi connectivity index (χ2v) is 6.58. The lowest BCUT2D eigenvalue weighted by Gasteiger charge is -2.07. The molecule has 0 aliphatic rings. The molecule has 8 heteroatoms. The largest absolute Gasteiger partial charge is 0.462 e. The first-order valence-corrected chi connectivity index (χ1v) is 9.62. The first-order valence-electron chi connectivity index (χ1n) is 9.62. The van der Waals surface area contributed by atoms with E-state index in [0.29, 0.717) is 29.1 Å². The van der Waals surface area contributed by atoms with Crippen LogP contribution in [-0.4, -0.2) is 36.2 Å². The highest BCUT2D eigenvalue weighted by Gasteiger charge is 2.14. The first-order chi connectivity index (χ1) is 14.6. The number of hydrogen-bond donors (Lipinski definition) is 1. The van der Waals surface area contributed by atoms with Gasteiger partial charge >= 0.3 is 11.9 Å². The molecule has 3 aromatic rings. The van der Waals surface area contributed by atoms with E-state index in [0.717, 1.165) is 18.2 Å². The molecule has 1 N–H and O–H groups in total. The van der Waals surface area contributed by atoms with Crippen molar-refractivity contribution in [1.82, 2.24) is 5.16 Å². The van der Waals surface area contributed by atoms with Gasteiger partial charge in [0.1, 0.15) is 5.69 Å². The Hall–Kier alpha value is -3.68. The van der Waals surface area contributed by atoms with Crippen molar-refractivity contribution in [2.75, 3.05) is 18.5 Å². The van der Waals surface area contributed by atoms with Crippen LogP contribution in [0, 0.1) is 0 Å². The Morgan fingerprint density at radius 3 is 2.57 bits per heavy atom. The maximum Gasteiger partial charge on any atom is 0.338 e. The number of carbonyl (C=O) groups excluding carboxylic acids is 3. The number of ether oxygens (including phenoxy) is 2. The number of nitrogens with zero attached hydrogens (tertiary/aromatic N) is 1. The van der Waals surface area contributed by atoms with Crippen molar-refractivity contribution < 1.29 is 28.4 Å². The molecule has 30 heavy (non-hydrogen) atoms. The van der Waals surface area contributed by atoms with Gasteiger partial charge in [0.15, 0.2) is 12.2 Å². The number of fused-ring (bicyclic) bond motifs is 1. The third-order valence-electron chi connectivity index (χ3n) is 4.26. The van der Waals surface area contributed by atoms with Gasteiger partial charge in [-0.25, -0.2) is 4.79 Å². The number of esters is 2. The minimum absolute atomic E-state index is 0.0981. The molecule has 3 rings (SSSR count). The highest BCUT2D eigenvalue weighted by Crippen LogP contribution is 2.18. The molecule has 0 radical (unpaired) electrons. The Morgan fingerprint density at radius 1 is 1.03 bits per heavy atom. The van der Waals surface area contributed by atoms with Crippen molar-refractivity contribution in [3.63, 3.8) is 0 Å². The van der Waals surface area contributed by atoms with E-state index in [2.05, 4.69) is 10.5 Å². The van der Waals surface area contributed by atoms with Crippen molar-refractivity contribution >= 4 is 34.5 Å². The number of carbonyl (C=O) groups is 3. The summed E-state index contributed by atoms with van der Waals surface area (Å²) in [7, 11) is 0. The zero-order valence-corrected chi connectivity index (χ0v) is 16.6. The van der Waals surface area contributed by atoms with E-state index >= 15 is 0 Å². The maximum atomic E-state index is 12.0. The molecule has 1 heterocycles. The number of para-hydroxylation sites is 1. The number of hydrogen-bond acceptors (Lipinski definition) is 7. The predicted octanol–water partition coefficient (Wildman–Crippen LogP) is 3.51. The lowest BCUT2D eigenvalue weighted by atomic mass is 10.2. The Morgan fingerprint density at radius 2 is 1.80 bits per heavy atom. The van der Waals surface area contributed by atoms with E-state index < -0.39 is 24.5 Å². The molecule has 0 atom stereocenters. The average Bonchev–Trinajstić information content (AvgIpc) is 3.16. The van der Waals surface area contributed by atoms with Crippen LogP contribution < -0.4 is 5.32 Å². The quantitative estimate of drug-likeness (QED) is 0.425. The smallest absolute Gasteiger partial charge is 0.338 e. The molecule has 2 aromatic carbocycles. The van der Waals surface area contributed by atoms with Crippen LogP contribution in [0.15, 0.2) is 53.1 Å².